The van der Waals surface area contributed by atoms with Crippen LogP contribution in [0, 0.1) is 0 Å². The highest BCUT2D eigenvalue weighted by molar-refractivity contribution is 7.89. The van der Waals surface area contributed by atoms with Crippen molar-refractivity contribution in [2.45, 2.75) is 17.9 Å². The van der Waals surface area contributed by atoms with E-state index in [-0.39, 0.29) is 18.0 Å². The molecule has 0 spiro atoms. The SMILES string of the molecule is C[C@H](C(=O)NC(N)=O)N1CCN(S(=O)(=O)c2ccccc2)CC1. The molecule has 1 aliphatic rings. The van der Waals surface area contributed by atoms with Crippen molar-refractivity contribution in [1.82, 2.24) is 14.5 Å². The van der Waals surface area contributed by atoms with Crippen molar-refractivity contribution in [3.05, 3.63) is 30.3 Å². The van der Waals surface area contributed by atoms with Crippen molar-refractivity contribution in [3.8, 4) is 0 Å². The smallest absolute Gasteiger partial charge is 0.318 e. The van der Waals surface area contributed by atoms with Gasteiger partial charge in [0, 0.05) is 26.2 Å². The summed E-state index contributed by atoms with van der Waals surface area (Å²) in [6.07, 6.45) is 0. The van der Waals surface area contributed by atoms with E-state index in [0.29, 0.717) is 13.1 Å². The van der Waals surface area contributed by atoms with Crippen molar-refractivity contribution < 1.29 is 18.0 Å². The van der Waals surface area contributed by atoms with Gasteiger partial charge >= 0.3 is 6.03 Å². The van der Waals surface area contributed by atoms with Crippen LogP contribution < -0.4 is 11.1 Å². The number of carbonyl (C=O) groups excluding carboxylic acids is 2. The fourth-order valence-corrected chi connectivity index (χ4v) is 3.91. The number of carbonyl (C=O) groups is 2. The van der Waals surface area contributed by atoms with Crippen LogP contribution in [0.25, 0.3) is 0 Å². The minimum atomic E-state index is -3.52. The van der Waals surface area contributed by atoms with Gasteiger partial charge in [0.25, 0.3) is 0 Å². The van der Waals surface area contributed by atoms with Crippen LogP contribution in [-0.4, -0.2) is 61.8 Å². The van der Waals surface area contributed by atoms with E-state index in [2.05, 4.69) is 0 Å². The number of hydrogen-bond donors (Lipinski definition) is 2. The Hall–Kier alpha value is -1.97. The van der Waals surface area contributed by atoms with E-state index in [1.54, 1.807) is 37.3 Å². The molecule has 1 aromatic rings. The first-order valence-electron chi connectivity index (χ1n) is 7.22. The quantitative estimate of drug-likeness (QED) is 0.773. The predicted octanol–water partition coefficient (Wildman–Crippen LogP) is -0.424. The lowest BCUT2D eigenvalue weighted by Crippen LogP contribution is -2.55. The molecule has 1 heterocycles. The topological polar surface area (TPSA) is 113 Å². The number of nitrogens with two attached hydrogens (primary N) is 1. The third-order valence-electron chi connectivity index (χ3n) is 3.83. The van der Waals surface area contributed by atoms with Gasteiger partial charge < -0.3 is 5.73 Å². The average molecular weight is 340 g/mol. The summed E-state index contributed by atoms with van der Waals surface area (Å²) in [5, 5.41) is 2.03. The maximum Gasteiger partial charge on any atom is 0.318 e. The zero-order valence-corrected chi connectivity index (χ0v) is 13.6. The van der Waals surface area contributed by atoms with Crippen LogP contribution >= 0.6 is 0 Å². The molecule has 1 saturated heterocycles. The summed E-state index contributed by atoms with van der Waals surface area (Å²) in [5.74, 6) is -0.489. The van der Waals surface area contributed by atoms with Gasteiger partial charge in [0.2, 0.25) is 15.9 Å². The number of benzene rings is 1. The highest BCUT2D eigenvalue weighted by Crippen LogP contribution is 2.18. The highest BCUT2D eigenvalue weighted by Gasteiger charge is 2.31. The van der Waals surface area contributed by atoms with Crippen LogP contribution in [0.5, 0.6) is 0 Å². The van der Waals surface area contributed by atoms with Crippen molar-refractivity contribution >= 4 is 22.0 Å². The Balaban J connectivity index is 1.99. The zero-order valence-electron chi connectivity index (χ0n) is 12.8. The minimum absolute atomic E-state index is 0.257. The van der Waals surface area contributed by atoms with Crippen molar-refractivity contribution in [1.29, 1.82) is 0 Å². The molecule has 0 bridgehead atoms. The number of nitrogens with zero attached hydrogens (tertiary/aromatic N) is 2. The largest absolute Gasteiger partial charge is 0.351 e. The molecule has 23 heavy (non-hydrogen) atoms. The van der Waals surface area contributed by atoms with Crippen LogP contribution in [0.3, 0.4) is 0 Å². The van der Waals surface area contributed by atoms with E-state index in [1.165, 1.54) is 4.31 Å². The molecule has 0 aliphatic carbocycles. The Labute approximate surface area is 135 Å². The van der Waals surface area contributed by atoms with Crippen LogP contribution in [0.1, 0.15) is 6.92 Å². The Kier molecular flexibility index (Phi) is 5.34. The Morgan fingerprint density at radius 3 is 2.22 bits per heavy atom. The number of rotatable bonds is 4. The van der Waals surface area contributed by atoms with E-state index < -0.39 is 28.0 Å². The molecule has 9 heteroatoms. The molecule has 0 aromatic heterocycles. The molecular formula is C14H20N4O4S. The summed E-state index contributed by atoms with van der Waals surface area (Å²) in [4.78, 5) is 24.6. The van der Waals surface area contributed by atoms with Gasteiger partial charge in [-0.2, -0.15) is 4.31 Å². The number of imide groups is 1. The first kappa shape index (κ1) is 17.4. The number of sulfonamides is 1. The molecule has 0 saturated carbocycles. The number of hydrogen-bond acceptors (Lipinski definition) is 5. The van der Waals surface area contributed by atoms with Gasteiger partial charge in [-0.25, -0.2) is 13.2 Å². The van der Waals surface area contributed by atoms with Crippen LogP contribution in [0.4, 0.5) is 4.79 Å². The highest BCUT2D eigenvalue weighted by atomic mass is 32.2. The summed E-state index contributed by atoms with van der Waals surface area (Å²) in [6, 6.07) is 6.79. The first-order chi connectivity index (χ1) is 10.8. The maximum absolute atomic E-state index is 12.5. The van der Waals surface area contributed by atoms with Crippen LogP contribution in [0.15, 0.2) is 35.2 Å². The van der Waals surface area contributed by atoms with Crippen molar-refractivity contribution in [2.75, 3.05) is 26.2 Å². The number of piperazine rings is 1. The Morgan fingerprint density at radius 2 is 1.70 bits per heavy atom. The molecule has 3 amide bonds. The third kappa shape index (κ3) is 4.06. The molecule has 1 aliphatic heterocycles. The van der Waals surface area contributed by atoms with Gasteiger partial charge in [0.05, 0.1) is 10.9 Å². The maximum atomic E-state index is 12.5. The van der Waals surface area contributed by atoms with Gasteiger partial charge in [-0.05, 0) is 19.1 Å². The predicted molar refractivity (Wildman–Crippen MR) is 84.0 cm³/mol. The summed E-state index contributed by atoms with van der Waals surface area (Å²) in [6.45, 7) is 3.02. The second kappa shape index (κ2) is 7.07. The zero-order chi connectivity index (χ0) is 17.0. The molecular weight excluding hydrogens is 320 g/mol. The minimum Gasteiger partial charge on any atom is -0.351 e. The second-order valence-corrected chi connectivity index (χ2v) is 7.22. The summed E-state index contributed by atoms with van der Waals surface area (Å²) < 4.78 is 26.4. The standard InChI is InChI=1S/C14H20N4O4S/c1-11(13(19)16-14(15)20)17-7-9-18(10-8-17)23(21,22)12-5-3-2-4-6-12/h2-6,11H,7-10H2,1H3,(H3,15,16,19,20)/t11-/m1/s1. The van der Waals surface area contributed by atoms with E-state index >= 15 is 0 Å². The van der Waals surface area contributed by atoms with Crippen LogP contribution in [0.2, 0.25) is 0 Å². The van der Waals surface area contributed by atoms with E-state index in [9.17, 15) is 18.0 Å². The van der Waals surface area contributed by atoms with E-state index in [0.717, 1.165) is 0 Å². The molecule has 2 rings (SSSR count). The number of primary amides is 1. The lowest BCUT2D eigenvalue weighted by atomic mass is 10.2. The van der Waals surface area contributed by atoms with Gasteiger partial charge in [0.15, 0.2) is 0 Å². The molecule has 1 aromatic carbocycles. The molecule has 126 valence electrons. The van der Waals surface area contributed by atoms with Crippen LogP contribution in [-0.2, 0) is 14.8 Å². The van der Waals surface area contributed by atoms with Gasteiger partial charge in [-0.3, -0.25) is 15.0 Å². The number of nitrogens with one attached hydrogen (secondary N) is 1. The summed E-state index contributed by atoms with van der Waals surface area (Å²) in [5.41, 5.74) is 4.93. The molecule has 3 N–H and O–H groups in total. The monoisotopic (exact) mass is 340 g/mol. The number of amides is 3. The lowest BCUT2D eigenvalue weighted by Gasteiger charge is -2.36. The van der Waals surface area contributed by atoms with Crippen molar-refractivity contribution in [3.63, 3.8) is 0 Å². The van der Waals surface area contributed by atoms with E-state index in [1.807, 2.05) is 10.2 Å². The Morgan fingerprint density at radius 1 is 1.13 bits per heavy atom. The van der Waals surface area contributed by atoms with Gasteiger partial charge in [0.1, 0.15) is 0 Å². The average Bonchev–Trinajstić information content (AvgIpc) is 2.54. The van der Waals surface area contributed by atoms with Gasteiger partial charge in [-0.1, -0.05) is 18.2 Å². The van der Waals surface area contributed by atoms with Gasteiger partial charge in [-0.15, -0.1) is 0 Å². The fourth-order valence-electron chi connectivity index (χ4n) is 2.46. The third-order valence-corrected chi connectivity index (χ3v) is 5.74. The number of urea groups is 1. The fraction of sp³-hybridized carbons (Fsp3) is 0.429. The molecule has 1 atom stereocenters. The summed E-state index contributed by atoms with van der Waals surface area (Å²) in [7, 11) is -3.52. The molecule has 1 fully saturated rings. The Bertz CT molecular complexity index is 669. The molecule has 8 nitrogen and oxygen atoms in total. The normalized spacial score (nSPS) is 18.3. The van der Waals surface area contributed by atoms with Crippen molar-refractivity contribution in [2.24, 2.45) is 5.73 Å². The summed E-state index contributed by atoms with van der Waals surface area (Å²) >= 11 is 0. The second-order valence-electron chi connectivity index (χ2n) is 5.28. The molecule has 0 radical (unpaired) electrons. The van der Waals surface area contributed by atoms with E-state index in [4.69, 9.17) is 5.73 Å². The molecule has 0 unspecified atom stereocenters. The lowest BCUT2D eigenvalue weighted by molar-refractivity contribution is -0.125. The first-order valence-corrected chi connectivity index (χ1v) is 8.66.